The Bertz CT molecular complexity index is 924. The summed E-state index contributed by atoms with van der Waals surface area (Å²) in [7, 11) is -2.42. The predicted octanol–water partition coefficient (Wildman–Crippen LogP) is 4.10. The zero-order chi connectivity index (χ0) is 23.7. The highest BCUT2D eigenvalue weighted by Crippen LogP contribution is 2.55. The van der Waals surface area contributed by atoms with E-state index in [-0.39, 0.29) is 11.0 Å². The van der Waals surface area contributed by atoms with Crippen LogP contribution < -0.4 is 0 Å². The second kappa shape index (κ2) is 9.76. The van der Waals surface area contributed by atoms with Gasteiger partial charge in [-0.15, -0.1) is 0 Å². The zero-order valence-electron chi connectivity index (χ0n) is 19.8. The van der Waals surface area contributed by atoms with Crippen LogP contribution in [0, 0.1) is 12.8 Å². The van der Waals surface area contributed by atoms with Crippen LogP contribution in [0.15, 0.2) is 40.8 Å². The maximum Gasteiger partial charge on any atom is 0.297 e. The van der Waals surface area contributed by atoms with E-state index in [0.29, 0.717) is 18.6 Å². The van der Waals surface area contributed by atoms with Crippen molar-refractivity contribution < 1.29 is 27.2 Å². The minimum Gasteiger partial charge on any atom is -0.389 e. The van der Waals surface area contributed by atoms with Crippen LogP contribution in [-0.4, -0.2) is 62.2 Å². The van der Waals surface area contributed by atoms with Crippen molar-refractivity contribution >= 4 is 21.9 Å². The Kier molecular flexibility index (Phi) is 7.85. The summed E-state index contributed by atoms with van der Waals surface area (Å²) in [5.74, 6) is 0.0958. The van der Waals surface area contributed by atoms with Gasteiger partial charge in [0.1, 0.15) is 11.7 Å². The molecular formula is C24H36O6S2. The molecular weight excluding hydrogens is 448 g/mol. The van der Waals surface area contributed by atoms with Gasteiger partial charge in [0.2, 0.25) is 0 Å². The molecule has 8 heteroatoms. The summed E-state index contributed by atoms with van der Waals surface area (Å²) in [6.45, 7) is 7.98. The Hall–Kier alpha value is -0.900. The van der Waals surface area contributed by atoms with Crippen LogP contribution in [0.2, 0.25) is 0 Å². The number of aryl methyl sites for hydroxylation is 1. The van der Waals surface area contributed by atoms with E-state index in [0.717, 1.165) is 12.0 Å². The molecule has 2 aliphatic rings. The summed E-state index contributed by atoms with van der Waals surface area (Å²) in [5.41, 5.74) is 0.522. The molecule has 0 spiro atoms. The van der Waals surface area contributed by atoms with Gasteiger partial charge in [0.25, 0.3) is 10.1 Å². The summed E-state index contributed by atoms with van der Waals surface area (Å²) >= 11 is 1.57. The van der Waals surface area contributed by atoms with E-state index in [2.05, 4.69) is 6.08 Å². The van der Waals surface area contributed by atoms with Crippen LogP contribution in [0.25, 0.3) is 0 Å². The average Bonchev–Trinajstić information content (AvgIpc) is 3.38. The molecule has 1 heterocycles. The third-order valence-electron chi connectivity index (χ3n) is 6.70. The lowest BCUT2D eigenvalue weighted by atomic mass is 9.66. The standard InChI is InChI=1S/C24H36O6S2/c1-16(2)7-12-20-23(4,29-20)22-21(28-5)19(13-14-24(22,25)15-31-6)30-32(26,27)18-10-8-17(3)9-11-18/h7-11,19-22,25H,12-15H2,1-6H3. The molecule has 0 amide bonds. The number of epoxide rings is 1. The molecule has 6 nitrogen and oxygen atoms in total. The second-order valence-corrected chi connectivity index (χ2v) is 11.9. The van der Waals surface area contributed by atoms with E-state index in [9.17, 15) is 13.5 Å². The van der Waals surface area contributed by atoms with Crippen molar-refractivity contribution in [1.29, 1.82) is 0 Å². The fourth-order valence-electron chi connectivity index (χ4n) is 4.99. The molecule has 1 N–H and O–H groups in total. The van der Waals surface area contributed by atoms with Crippen LogP contribution in [0.3, 0.4) is 0 Å². The SMILES string of the molecule is COC1C(OS(=O)(=O)c2ccc(C)cc2)CCC(O)(CSC)C1C1(C)OC1CC=C(C)C. The molecule has 1 saturated carbocycles. The van der Waals surface area contributed by atoms with E-state index in [1.807, 2.05) is 34.0 Å². The minimum atomic E-state index is -3.97. The fourth-order valence-corrected chi connectivity index (χ4v) is 6.92. The topological polar surface area (TPSA) is 85.4 Å². The lowest BCUT2D eigenvalue weighted by Gasteiger charge is -2.48. The molecule has 0 radical (unpaired) electrons. The summed E-state index contributed by atoms with van der Waals surface area (Å²) in [5, 5.41) is 11.7. The van der Waals surface area contributed by atoms with Gasteiger partial charge in [-0.25, -0.2) is 0 Å². The zero-order valence-corrected chi connectivity index (χ0v) is 21.5. The molecule has 6 unspecified atom stereocenters. The Morgan fingerprint density at radius 1 is 1.31 bits per heavy atom. The van der Waals surface area contributed by atoms with Crippen molar-refractivity contribution in [2.75, 3.05) is 19.1 Å². The monoisotopic (exact) mass is 484 g/mol. The number of benzene rings is 1. The van der Waals surface area contributed by atoms with Crippen LogP contribution in [0.1, 0.15) is 45.6 Å². The third kappa shape index (κ3) is 5.26. The van der Waals surface area contributed by atoms with Gasteiger partial charge >= 0.3 is 0 Å². The maximum absolute atomic E-state index is 13.0. The van der Waals surface area contributed by atoms with Gasteiger partial charge in [-0.2, -0.15) is 20.2 Å². The number of hydrogen-bond donors (Lipinski definition) is 1. The molecule has 1 aromatic carbocycles. The quantitative estimate of drug-likeness (QED) is 0.321. The first-order valence-electron chi connectivity index (χ1n) is 11.0. The predicted molar refractivity (Wildman–Crippen MR) is 127 cm³/mol. The number of allylic oxidation sites excluding steroid dienone is 1. The normalized spacial score (nSPS) is 34.8. The highest BCUT2D eigenvalue weighted by atomic mass is 32.2. The van der Waals surface area contributed by atoms with Crippen LogP contribution >= 0.6 is 11.8 Å². The van der Waals surface area contributed by atoms with Crippen molar-refractivity contribution in [2.24, 2.45) is 5.92 Å². The van der Waals surface area contributed by atoms with Crippen LogP contribution in [-0.2, 0) is 23.8 Å². The van der Waals surface area contributed by atoms with Crippen molar-refractivity contribution in [3.05, 3.63) is 41.5 Å². The first-order chi connectivity index (χ1) is 15.0. The molecule has 1 aliphatic carbocycles. The Morgan fingerprint density at radius 2 is 1.97 bits per heavy atom. The summed E-state index contributed by atoms with van der Waals surface area (Å²) in [6, 6.07) is 6.60. The van der Waals surface area contributed by atoms with Gasteiger partial charge in [-0.1, -0.05) is 29.3 Å². The lowest BCUT2D eigenvalue weighted by Crippen LogP contribution is -2.61. The molecule has 32 heavy (non-hydrogen) atoms. The molecule has 0 aromatic heterocycles. The minimum absolute atomic E-state index is 0.0547. The largest absolute Gasteiger partial charge is 0.389 e. The number of methoxy groups -OCH3 is 1. The maximum atomic E-state index is 13.0. The van der Waals surface area contributed by atoms with Gasteiger partial charge in [-0.3, -0.25) is 4.18 Å². The lowest BCUT2D eigenvalue weighted by molar-refractivity contribution is -0.162. The first-order valence-corrected chi connectivity index (χ1v) is 13.8. The van der Waals surface area contributed by atoms with E-state index < -0.39 is 39.4 Å². The highest BCUT2D eigenvalue weighted by molar-refractivity contribution is 7.98. The van der Waals surface area contributed by atoms with E-state index >= 15 is 0 Å². The van der Waals surface area contributed by atoms with Gasteiger partial charge in [0.15, 0.2) is 0 Å². The van der Waals surface area contributed by atoms with E-state index in [1.54, 1.807) is 43.1 Å². The van der Waals surface area contributed by atoms with E-state index in [4.69, 9.17) is 13.7 Å². The van der Waals surface area contributed by atoms with Gasteiger partial charge in [0.05, 0.1) is 22.7 Å². The molecule has 1 saturated heterocycles. The Labute approximate surface area is 196 Å². The molecule has 1 aliphatic heterocycles. The smallest absolute Gasteiger partial charge is 0.297 e. The number of aliphatic hydroxyl groups is 1. The molecule has 3 rings (SSSR count). The highest BCUT2D eigenvalue weighted by Gasteiger charge is 2.67. The molecule has 0 bridgehead atoms. The van der Waals surface area contributed by atoms with Crippen molar-refractivity contribution in [3.8, 4) is 0 Å². The first kappa shape index (κ1) is 25.7. The fraction of sp³-hybridized carbons (Fsp3) is 0.667. The Balaban J connectivity index is 1.89. The second-order valence-electron chi connectivity index (χ2n) is 9.46. The van der Waals surface area contributed by atoms with Crippen molar-refractivity contribution in [2.45, 2.75) is 81.4 Å². The summed E-state index contributed by atoms with van der Waals surface area (Å²) in [4.78, 5) is 0.120. The van der Waals surface area contributed by atoms with Crippen LogP contribution in [0.4, 0.5) is 0 Å². The number of rotatable bonds is 9. The molecule has 180 valence electrons. The third-order valence-corrected chi connectivity index (χ3v) is 8.84. The molecule has 6 atom stereocenters. The van der Waals surface area contributed by atoms with Gasteiger partial charge in [-0.05, 0) is 65.3 Å². The van der Waals surface area contributed by atoms with Gasteiger partial charge in [0, 0.05) is 18.8 Å². The number of ether oxygens (including phenoxy) is 2. The average molecular weight is 485 g/mol. The molecule has 1 aromatic rings. The van der Waals surface area contributed by atoms with E-state index in [1.165, 1.54) is 5.57 Å². The van der Waals surface area contributed by atoms with Crippen molar-refractivity contribution in [1.82, 2.24) is 0 Å². The van der Waals surface area contributed by atoms with Crippen molar-refractivity contribution in [3.63, 3.8) is 0 Å². The number of thioether (sulfide) groups is 1. The van der Waals surface area contributed by atoms with Gasteiger partial charge < -0.3 is 14.6 Å². The van der Waals surface area contributed by atoms with Crippen LogP contribution in [0.5, 0.6) is 0 Å². The number of hydrogen-bond acceptors (Lipinski definition) is 7. The summed E-state index contributed by atoms with van der Waals surface area (Å²) in [6.07, 6.45) is 4.25. The Morgan fingerprint density at radius 3 is 2.53 bits per heavy atom. The summed E-state index contributed by atoms with van der Waals surface area (Å²) < 4.78 is 43.7. The molecule has 2 fully saturated rings.